The number of carboxylic acid groups (broad SMARTS) is 1. The van der Waals surface area contributed by atoms with Crippen LogP contribution in [-0.2, 0) is 4.79 Å². The first-order chi connectivity index (χ1) is 8.58. The number of aliphatic hydroxyl groups is 1. The van der Waals surface area contributed by atoms with Crippen molar-refractivity contribution in [1.29, 1.82) is 0 Å². The molecule has 3 N–H and O–H groups in total. The summed E-state index contributed by atoms with van der Waals surface area (Å²) in [5.41, 5.74) is 0. The Kier molecular flexibility index (Phi) is 6.60. The van der Waals surface area contributed by atoms with E-state index in [1.807, 2.05) is 5.32 Å². The molecule has 0 aliphatic carbocycles. The highest BCUT2D eigenvalue weighted by Crippen LogP contribution is 2.16. The second kappa shape index (κ2) is 7.17. The van der Waals surface area contributed by atoms with Crippen LogP contribution in [0.1, 0.15) is 13.8 Å². The molecule has 0 aromatic heterocycles. The van der Waals surface area contributed by atoms with E-state index in [1.54, 1.807) is 0 Å². The van der Waals surface area contributed by atoms with Crippen LogP contribution in [-0.4, -0.2) is 59.0 Å². The summed E-state index contributed by atoms with van der Waals surface area (Å²) in [4.78, 5) is 22.7. The van der Waals surface area contributed by atoms with E-state index in [9.17, 15) is 22.8 Å². The number of aliphatic hydroxyl groups excluding tert-OH is 1. The minimum absolute atomic E-state index is 0.318. The van der Waals surface area contributed by atoms with Gasteiger partial charge in [-0.15, -0.1) is 0 Å². The van der Waals surface area contributed by atoms with E-state index in [1.165, 1.54) is 13.8 Å². The van der Waals surface area contributed by atoms with Gasteiger partial charge in [-0.05, 0) is 5.92 Å². The summed E-state index contributed by atoms with van der Waals surface area (Å²) < 4.78 is 36.7. The lowest BCUT2D eigenvalue weighted by molar-refractivity contribution is -0.142. The molecule has 0 aromatic rings. The first kappa shape index (κ1) is 17.5. The van der Waals surface area contributed by atoms with Gasteiger partial charge in [-0.3, -0.25) is 0 Å². The molecule has 0 saturated heterocycles. The lowest BCUT2D eigenvalue weighted by Gasteiger charge is -2.26. The average Bonchev–Trinajstić information content (AvgIpc) is 2.22. The normalized spacial score (nSPS) is 13.2. The zero-order valence-corrected chi connectivity index (χ0v) is 10.6. The van der Waals surface area contributed by atoms with Gasteiger partial charge in [0.25, 0.3) is 0 Å². The Morgan fingerprint density at radius 3 is 2.16 bits per heavy atom. The number of amides is 2. The SMILES string of the molecule is CC(C)C(NC(=O)N(CCO)CC(F)(F)F)C(=O)O. The summed E-state index contributed by atoms with van der Waals surface area (Å²) in [5, 5.41) is 19.5. The monoisotopic (exact) mass is 286 g/mol. The number of rotatable bonds is 6. The van der Waals surface area contributed by atoms with Crippen molar-refractivity contribution in [2.45, 2.75) is 26.1 Å². The molecule has 6 nitrogen and oxygen atoms in total. The molecule has 1 unspecified atom stereocenters. The number of carbonyl (C=O) groups is 2. The molecule has 0 bridgehead atoms. The Balaban J connectivity index is 4.76. The number of hydrogen-bond donors (Lipinski definition) is 3. The number of alkyl halides is 3. The first-order valence-corrected chi connectivity index (χ1v) is 5.54. The molecule has 2 amide bonds. The van der Waals surface area contributed by atoms with Crippen LogP contribution in [0.4, 0.5) is 18.0 Å². The maximum Gasteiger partial charge on any atom is 0.406 e. The molecule has 0 radical (unpaired) electrons. The van der Waals surface area contributed by atoms with Gasteiger partial charge in [0.1, 0.15) is 12.6 Å². The van der Waals surface area contributed by atoms with Crippen molar-refractivity contribution in [3.63, 3.8) is 0 Å². The fourth-order valence-electron chi connectivity index (χ4n) is 1.33. The molecule has 0 aliphatic rings. The Morgan fingerprint density at radius 1 is 1.32 bits per heavy atom. The van der Waals surface area contributed by atoms with Crippen LogP contribution < -0.4 is 5.32 Å². The maximum absolute atomic E-state index is 12.2. The van der Waals surface area contributed by atoms with Crippen LogP contribution in [0, 0.1) is 5.92 Å². The van der Waals surface area contributed by atoms with Crippen molar-refractivity contribution in [2.24, 2.45) is 5.92 Å². The van der Waals surface area contributed by atoms with Crippen molar-refractivity contribution >= 4 is 12.0 Å². The van der Waals surface area contributed by atoms with Gasteiger partial charge in [0.2, 0.25) is 0 Å². The molecule has 0 saturated carbocycles. The van der Waals surface area contributed by atoms with E-state index in [0.717, 1.165) is 0 Å². The van der Waals surface area contributed by atoms with Gasteiger partial charge in [-0.1, -0.05) is 13.8 Å². The number of nitrogens with one attached hydrogen (secondary N) is 1. The van der Waals surface area contributed by atoms with Crippen molar-refractivity contribution in [3.8, 4) is 0 Å². The van der Waals surface area contributed by atoms with E-state index >= 15 is 0 Å². The largest absolute Gasteiger partial charge is 0.480 e. The van der Waals surface area contributed by atoms with E-state index in [4.69, 9.17) is 10.2 Å². The Hall–Kier alpha value is -1.51. The number of aliphatic carboxylic acids is 1. The van der Waals surface area contributed by atoms with E-state index in [-0.39, 0.29) is 0 Å². The van der Waals surface area contributed by atoms with Gasteiger partial charge in [0.05, 0.1) is 6.61 Å². The summed E-state index contributed by atoms with van der Waals surface area (Å²) in [6.45, 7) is 0.293. The molecule has 0 aromatic carbocycles. The van der Waals surface area contributed by atoms with Gasteiger partial charge in [-0.2, -0.15) is 13.2 Å². The summed E-state index contributed by atoms with van der Waals surface area (Å²) in [6, 6.07) is -2.46. The topological polar surface area (TPSA) is 89.9 Å². The molecule has 19 heavy (non-hydrogen) atoms. The third-order valence-corrected chi connectivity index (χ3v) is 2.24. The van der Waals surface area contributed by atoms with Gasteiger partial charge in [0.15, 0.2) is 0 Å². The molecular weight excluding hydrogens is 269 g/mol. The third-order valence-electron chi connectivity index (χ3n) is 2.24. The number of nitrogens with zero attached hydrogens (tertiary/aromatic N) is 1. The second-order valence-electron chi connectivity index (χ2n) is 4.27. The van der Waals surface area contributed by atoms with Gasteiger partial charge < -0.3 is 20.4 Å². The fourth-order valence-corrected chi connectivity index (χ4v) is 1.33. The maximum atomic E-state index is 12.2. The summed E-state index contributed by atoms with van der Waals surface area (Å²) in [7, 11) is 0. The summed E-state index contributed by atoms with van der Waals surface area (Å²) >= 11 is 0. The third kappa shape index (κ3) is 6.85. The molecule has 0 heterocycles. The smallest absolute Gasteiger partial charge is 0.406 e. The Morgan fingerprint density at radius 2 is 1.84 bits per heavy atom. The highest BCUT2D eigenvalue weighted by atomic mass is 19.4. The number of carboxylic acids is 1. The Bertz CT molecular complexity index is 320. The molecule has 0 spiro atoms. The Labute approximate surface area is 108 Å². The van der Waals surface area contributed by atoms with Crippen LogP contribution >= 0.6 is 0 Å². The molecule has 9 heteroatoms. The van der Waals surface area contributed by atoms with Crippen molar-refractivity contribution in [2.75, 3.05) is 19.7 Å². The number of hydrogen-bond acceptors (Lipinski definition) is 3. The van der Waals surface area contributed by atoms with Crippen LogP contribution in [0.25, 0.3) is 0 Å². The number of carbonyl (C=O) groups excluding carboxylic acids is 1. The zero-order valence-electron chi connectivity index (χ0n) is 10.6. The molecule has 0 rings (SSSR count). The van der Waals surface area contributed by atoms with Crippen LogP contribution in [0.15, 0.2) is 0 Å². The zero-order chi connectivity index (χ0) is 15.2. The van der Waals surface area contributed by atoms with Crippen molar-refractivity contribution in [3.05, 3.63) is 0 Å². The highest BCUT2D eigenvalue weighted by Gasteiger charge is 2.34. The predicted octanol–water partition coefficient (Wildman–Crippen LogP) is 0.662. The standard InChI is InChI=1S/C10H17F3N2O4/c1-6(2)7(8(17)18)14-9(19)15(3-4-16)5-10(11,12)13/h6-7,16H,3-5H2,1-2H3,(H,14,19)(H,17,18). The fraction of sp³-hybridized carbons (Fsp3) is 0.800. The minimum Gasteiger partial charge on any atom is -0.480 e. The van der Waals surface area contributed by atoms with Crippen LogP contribution in [0.3, 0.4) is 0 Å². The lowest BCUT2D eigenvalue weighted by atomic mass is 10.1. The average molecular weight is 286 g/mol. The molecule has 1 atom stereocenters. The van der Waals surface area contributed by atoms with Crippen molar-refractivity contribution < 1.29 is 33.0 Å². The summed E-state index contributed by atoms with van der Waals surface area (Å²) in [6.07, 6.45) is -4.62. The van der Waals surface area contributed by atoms with E-state index in [0.29, 0.717) is 4.90 Å². The number of halogens is 3. The summed E-state index contributed by atoms with van der Waals surface area (Å²) in [5.74, 6) is -1.82. The highest BCUT2D eigenvalue weighted by molar-refractivity contribution is 5.82. The van der Waals surface area contributed by atoms with Crippen molar-refractivity contribution in [1.82, 2.24) is 10.2 Å². The predicted molar refractivity (Wildman–Crippen MR) is 59.5 cm³/mol. The second-order valence-corrected chi connectivity index (χ2v) is 4.27. The molecular formula is C10H17F3N2O4. The molecule has 0 fully saturated rings. The van der Waals surface area contributed by atoms with E-state index < -0.39 is 49.8 Å². The molecule has 112 valence electrons. The van der Waals surface area contributed by atoms with Gasteiger partial charge >= 0.3 is 18.2 Å². The van der Waals surface area contributed by atoms with Crippen LogP contribution in [0.2, 0.25) is 0 Å². The lowest BCUT2D eigenvalue weighted by Crippen LogP contribution is -2.52. The van der Waals surface area contributed by atoms with Gasteiger partial charge in [-0.25, -0.2) is 9.59 Å². The minimum atomic E-state index is -4.62. The number of urea groups is 1. The first-order valence-electron chi connectivity index (χ1n) is 5.54. The van der Waals surface area contributed by atoms with Gasteiger partial charge in [0, 0.05) is 6.54 Å². The van der Waals surface area contributed by atoms with Crippen LogP contribution in [0.5, 0.6) is 0 Å². The quantitative estimate of drug-likeness (QED) is 0.669. The van der Waals surface area contributed by atoms with E-state index in [2.05, 4.69) is 0 Å². The molecule has 0 aliphatic heterocycles.